The fourth-order valence-electron chi connectivity index (χ4n) is 3.42. The first-order valence-corrected chi connectivity index (χ1v) is 7.99. The molecular weight excluding hydrogens is 270 g/mol. The zero-order valence-electron chi connectivity index (χ0n) is 12.7. The summed E-state index contributed by atoms with van der Waals surface area (Å²) in [7, 11) is 0. The molecule has 1 aliphatic carbocycles. The first-order chi connectivity index (χ1) is 9.98. The summed E-state index contributed by atoms with van der Waals surface area (Å²) in [6.07, 6.45) is 6.62. The molecule has 0 aromatic rings. The Balaban J connectivity index is 1.83. The van der Waals surface area contributed by atoms with Gasteiger partial charge in [-0.2, -0.15) is 0 Å². The summed E-state index contributed by atoms with van der Waals surface area (Å²) in [6, 6.07) is 0. The van der Waals surface area contributed by atoms with Crippen molar-refractivity contribution in [1.82, 2.24) is 9.80 Å². The SMILES string of the molecule is NC1(CC(=O)N2CCCN(CC(=O)O)CC2)CCCCC1. The molecule has 0 unspecified atom stereocenters. The first kappa shape index (κ1) is 16.2. The second-order valence-corrected chi connectivity index (χ2v) is 6.50. The number of hydrogen-bond donors (Lipinski definition) is 2. The molecule has 2 aliphatic rings. The minimum atomic E-state index is -0.808. The van der Waals surface area contributed by atoms with Gasteiger partial charge < -0.3 is 15.7 Å². The van der Waals surface area contributed by atoms with Crippen LogP contribution in [0.4, 0.5) is 0 Å². The molecule has 3 N–H and O–H groups in total. The fraction of sp³-hybridized carbons (Fsp3) is 0.867. The van der Waals surface area contributed by atoms with Crippen LogP contribution in [0.1, 0.15) is 44.9 Å². The predicted octanol–water partition coefficient (Wildman–Crippen LogP) is 0.657. The van der Waals surface area contributed by atoms with Gasteiger partial charge in [-0.15, -0.1) is 0 Å². The van der Waals surface area contributed by atoms with Crippen LogP contribution < -0.4 is 5.73 Å². The molecule has 0 aromatic carbocycles. The van der Waals surface area contributed by atoms with E-state index in [0.717, 1.165) is 38.6 Å². The van der Waals surface area contributed by atoms with Gasteiger partial charge in [0.2, 0.25) is 5.91 Å². The van der Waals surface area contributed by atoms with E-state index in [1.165, 1.54) is 6.42 Å². The number of carbonyl (C=O) groups is 2. The van der Waals surface area contributed by atoms with Crippen LogP contribution in [0, 0.1) is 0 Å². The lowest BCUT2D eigenvalue weighted by Gasteiger charge is -2.34. The first-order valence-electron chi connectivity index (χ1n) is 7.99. The van der Waals surface area contributed by atoms with Gasteiger partial charge in [0.05, 0.1) is 6.54 Å². The number of hydrogen-bond acceptors (Lipinski definition) is 4. The molecule has 0 aromatic heterocycles. The Bertz CT molecular complexity index is 380. The predicted molar refractivity (Wildman–Crippen MR) is 79.9 cm³/mol. The van der Waals surface area contributed by atoms with Gasteiger partial charge >= 0.3 is 5.97 Å². The quantitative estimate of drug-likeness (QED) is 0.796. The number of carbonyl (C=O) groups excluding carboxylic acids is 1. The smallest absolute Gasteiger partial charge is 0.317 e. The molecule has 2 fully saturated rings. The topological polar surface area (TPSA) is 86.9 Å². The molecule has 1 saturated heterocycles. The van der Waals surface area contributed by atoms with Crippen LogP contribution in [-0.4, -0.2) is 65.0 Å². The van der Waals surface area contributed by atoms with Crippen LogP contribution >= 0.6 is 0 Å². The minimum Gasteiger partial charge on any atom is -0.480 e. The second kappa shape index (κ2) is 7.22. The number of aliphatic carboxylic acids is 1. The van der Waals surface area contributed by atoms with Crippen molar-refractivity contribution in [1.29, 1.82) is 0 Å². The van der Waals surface area contributed by atoms with Crippen LogP contribution in [0.2, 0.25) is 0 Å². The van der Waals surface area contributed by atoms with Gasteiger partial charge in [-0.05, 0) is 19.3 Å². The van der Waals surface area contributed by atoms with E-state index in [9.17, 15) is 9.59 Å². The number of rotatable bonds is 4. The van der Waals surface area contributed by atoms with Gasteiger partial charge in [0.15, 0.2) is 0 Å². The number of carboxylic acids is 1. The van der Waals surface area contributed by atoms with Gasteiger partial charge in [0.1, 0.15) is 0 Å². The van der Waals surface area contributed by atoms with Crippen molar-refractivity contribution in [3.63, 3.8) is 0 Å². The van der Waals surface area contributed by atoms with Crippen LogP contribution in [0.3, 0.4) is 0 Å². The lowest BCUT2D eigenvalue weighted by atomic mass is 9.80. The van der Waals surface area contributed by atoms with Crippen molar-refractivity contribution in [2.45, 2.75) is 50.5 Å². The van der Waals surface area contributed by atoms with Gasteiger partial charge in [-0.3, -0.25) is 14.5 Å². The molecule has 0 bridgehead atoms. The van der Waals surface area contributed by atoms with Crippen molar-refractivity contribution in [3.8, 4) is 0 Å². The number of carboxylic acid groups (broad SMARTS) is 1. The summed E-state index contributed by atoms with van der Waals surface area (Å²) in [5.74, 6) is -0.672. The average molecular weight is 297 g/mol. The third kappa shape index (κ3) is 4.97. The normalized spacial score (nSPS) is 23.6. The van der Waals surface area contributed by atoms with E-state index >= 15 is 0 Å². The molecule has 6 heteroatoms. The van der Waals surface area contributed by atoms with Gasteiger partial charge in [0, 0.05) is 38.1 Å². The Morgan fingerprint density at radius 1 is 1.00 bits per heavy atom. The molecule has 120 valence electrons. The Hall–Kier alpha value is -1.14. The maximum absolute atomic E-state index is 12.5. The highest BCUT2D eigenvalue weighted by atomic mass is 16.4. The highest BCUT2D eigenvalue weighted by molar-refractivity contribution is 5.77. The second-order valence-electron chi connectivity index (χ2n) is 6.50. The van der Waals surface area contributed by atoms with Crippen molar-refractivity contribution in [3.05, 3.63) is 0 Å². The standard InChI is InChI=1S/C15H27N3O3/c16-15(5-2-1-3-6-15)11-13(19)18-8-4-7-17(9-10-18)12-14(20)21/h1-12,16H2,(H,20,21). The third-order valence-electron chi connectivity index (χ3n) is 4.65. The molecule has 1 saturated carbocycles. The highest BCUT2D eigenvalue weighted by Gasteiger charge is 2.32. The molecule has 0 spiro atoms. The highest BCUT2D eigenvalue weighted by Crippen LogP contribution is 2.29. The van der Waals surface area contributed by atoms with Crippen LogP contribution in [0.25, 0.3) is 0 Å². The van der Waals surface area contributed by atoms with Crippen LogP contribution in [0.15, 0.2) is 0 Å². The maximum Gasteiger partial charge on any atom is 0.317 e. The van der Waals surface area contributed by atoms with E-state index in [4.69, 9.17) is 10.8 Å². The average Bonchev–Trinajstić information content (AvgIpc) is 2.64. The third-order valence-corrected chi connectivity index (χ3v) is 4.65. The molecule has 1 amide bonds. The lowest BCUT2D eigenvalue weighted by molar-refractivity contribution is -0.138. The van der Waals surface area contributed by atoms with Crippen molar-refractivity contribution in [2.75, 3.05) is 32.7 Å². The van der Waals surface area contributed by atoms with Crippen molar-refractivity contribution < 1.29 is 14.7 Å². The van der Waals surface area contributed by atoms with E-state index in [0.29, 0.717) is 26.1 Å². The van der Waals surface area contributed by atoms with E-state index in [1.807, 2.05) is 9.80 Å². The fourth-order valence-corrected chi connectivity index (χ4v) is 3.42. The van der Waals surface area contributed by atoms with E-state index in [-0.39, 0.29) is 18.0 Å². The summed E-state index contributed by atoms with van der Waals surface area (Å²) in [5, 5.41) is 8.84. The van der Waals surface area contributed by atoms with E-state index < -0.39 is 5.97 Å². The van der Waals surface area contributed by atoms with E-state index in [1.54, 1.807) is 0 Å². The van der Waals surface area contributed by atoms with Gasteiger partial charge in [-0.1, -0.05) is 19.3 Å². The summed E-state index contributed by atoms with van der Waals surface area (Å²) in [6.45, 7) is 2.76. The maximum atomic E-state index is 12.5. The largest absolute Gasteiger partial charge is 0.480 e. The van der Waals surface area contributed by atoms with E-state index in [2.05, 4.69) is 0 Å². The van der Waals surface area contributed by atoms with Gasteiger partial charge in [-0.25, -0.2) is 0 Å². The van der Waals surface area contributed by atoms with Crippen molar-refractivity contribution >= 4 is 11.9 Å². The Labute approximate surface area is 126 Å². The molecule has 0 radical (unpaired) electrons. The Morgan fingerprint density at radius 3 is 2.38 bits per heavy atom. The van der Waals surface area contributed by atoms with Crippen molar-refractivity contribution in [2.24, 2.45) is 5.73 Å². The lowest BCUT2D eigenvalue weighted by Crippen LogP contribution is -2.47. The monoisotopic (exact) mass is 297 g/mol. The zero-order chi connectivity index (χ0) is 15.3. The Morgan fingerprint density at radius 2 is 1.71 bits per heavy atom. The summed E-state index contributed by atoms with van der Waals surface area (Å²) in [4.78, 5) is 27.0. The molecule has 1 aliphatic heterocycles. The molecule has 0 atom stereocenters. The summed E-state index contributed by atoms with van der Waals surface area (Å²) >= 11 is 0. The van der Waals surface area contributed by atoms with Crippen LogP contribution in [0.5, 0.6) is 0 Å². The van der Waals surface area contributed by atoms with Gasteiger partial charge in [0.25, 0.3) is 0 Å². The molecule has 1 heterocycles. The minimum absolute atomic E-state index is 0.0584. The molecule has 21 heavy (non-hydrogen) atoms. The summed E-state index contributed by atoms with van der Waals surface area (Å²) < 4.78 is 0. The van der Waals surface area contributed by atoms with Crippen LogP contribution in [-0.2, 0) is 9.59 Å². The number of nitrogens with zero attached hydrogens (tertiary/aromatic N) is 2. The number of amides is 1. The molecular formula is C15H27N3O3. The zero-order valence-corrected chi connectivity index (χ0v) is 12.7. The molecule has 6 nitrogen and oxygen atoms in total. The number of nitrogens with two attached hydrogens (primary N) is 1. The molecule has 2 rings (SSSR count). The Kier molecular flexibility index (Phi) is 5.58. The summed E-state index contributed by atoms with van der Waals surface area (Å²) in [5.41, 5.74) is 6.05.